The van der Waals surface area contributed by atoms with E-state index in [4.69, 9.17) is 32.7 Å². The lowest BCUT2D eigenvalue weighted by molar-refractivity contribution is -0.149. The van der Waals surface area contributed by atoms with Gasteiger partial charge in [-0.2, -0.15) is 0 Å². The van der Waals surface area contributed by atoms with Crippen LogP contribution in [0.15, 0.2) is 30.3 Å². The highest BCUT2D eigenvalue weighted by Crippen LogP contribution is 2.64. The standard InChI is InChI=1S/C14H16Cl2O3/c1-13(10-14(13,15)16)12(17)19-9-5-8-18-11-6-3-2-4-7-11/h2-4,6-7H,5,8-10H2,1H3. The van der Waals surface area contributed by atoms with Gasteiger partial charge in [0.05, 0.1) is 13.2 Å². The van der Waals surface area contributed by atoms with Crippen molar-refractivity contribution in [3.8, 4) is 5.75 Å². The van der Waals surface area contributed by atoms with E-state index in [1.165, 1.54) is 0 Å². The normalized spacial score (nSPS) is 23.7. The van der Waals surface area contributed by atoms with E-state index in [1.54, 1.807) is 6.92 Å². The Labute approximate surface area is 122 Å². The monoisotopic (exact) mass is 302 g/mol. The van der Waals surface area contributed by atoms with Crippen LogP contribution in [-0.4, -0.2) is 23.5 Å². The van der Waals surface area contributed by atoms with E-state index < -0.39 is 9.75 Å². The largest absolute Gasteiger partial charge is 0.493 e. The van der Waals surface area contributed by atoms with E-state index in [0.29, 0.717) is 26.1 Å². The number of esters is 1. The van der Waals surface area contributed by atoms with E-state index in [1.807, 2.05) is 30.3 Å². The minimum Gasteiger partial charge on any atom is -0.493 e. The van der Waals surface area contributed by atoms with Crippen LogP contribution in [-0.2, 0) is 9.53 Å². The molecule has 1 atom stereocenters. The molecule has 0 saturated heterocycles. The highest BCUT2D eigenvalue weighted by molar-refractivity contribution is 6.53. The van der Waals surface area contributed by atoms with E-state index in [0.717, 1.165) is 5.75 Å². The van der Waals surface area contributed by atoms with Crippen molar-refractivity contribution in [2.45, 2.75) is 24.1 Å². The molecule has 0 radical (unpaired) electrons. The van der Waals surface area contributed by atoms with Gasteiger partial charge >= 0.3 is 5.97 Å². The number of halogens is 2. The van der Waals surface area contributed by atoms with E-state index in [2.05, 4.69) is 0 Å². The number of benzene rings is 1. The molecule has 1 aromatic rings. The summed E-state index contributed by atoms with van der Waals surface area (Å²) in [6.07, 6.45) is 1.08. The number of alkyl halides is 2. The van der Waals surface area contributed by atoms with Gasteiger partial charge in [-0.3, -0.25) is 4.79 Å². The predicted molar refractivity (Wildman–Crippen MR) is 74.7 cm³/mol. The first-order valence-electron chi connectivity index (χ1n) is 6.19. The van der Waals surface area contributed by atoms with Crippen LogP contribution in [0, 0.1) is 5.41 Å². The van der Waals surface area contributed by atoms with Crippen LogP contribution in [0.1, 0.15) is 19.8 Å². The fraction of sp³-hybridized carbons (Fsp3) is 0.500. The summed E-state index contributed by atoms with van der Waals surface area (Å²) in [7, 11) is 0. The topological polar surface area (TPSA) is 35.5 Å². The number of para-hydroxylation sites is 1. The first-order valence-corrected chi connectivity index (χ1v) is 6.94. The van der Waals surface area contributed by atoms with E-state index in [9.17, 15) is 4.79 Å². The number of hydrogen-bond acceptors (Lipinski definition) is 3. The summed E-state index contributed by atoms with van der Waals surface area (Å²) in [5.41, 5.74) is -0.754. The van der Waals surface area contributed by atoms with Crippen molar-refractivity contribution in [2.75, 3.05) is 13.2 Å². The zero-order valence-corrected chi connectivity index (χ0v) is 12.2. The maximum Gasteiger partial charge on any atom is 0.314 e. The number of ether oxygens (including phenoxy) is 2. The Bertz CT molecular complexity index is 447. The van der Waals surface area contributed by atoms with Gasteiger partial charge in [0.1, 0.15) is 15.5 Å². The highest BCUT2D eigenvalue weighted by atomic mass is 35.5. The molecule has 1 saturated carbocycles. The number of rotatable bonds is 6. The lowest BCUT2D eigenvalue weighted by Gasteiger charge is -2.12. The van der Waals surface area contributed by atoms with Crippen molar-refractivity contribution in [1.82, 2.24) is 0 Å². The first kappa shape index (κ1) is 14.5. The van der Waals surface area contributed by atoms with Crippen molar-refractivity contribution in [3.63, 3.8) is 0 Å². The zero-order chi connectivity index (χ0) is 13.9. The third-order valence-electron chi connectivity index (χ3n) is 3.24. The molecule has 0 N–H and O–H groups in total. The smallest absolute Gasteiger partial charge is 0.314 e. The second kappa shape index (κ2) is 5.59. The highest BCUT2D eigenvalue weighted by Gasteiger charge is 2.69. The van der Waals surface area contributed by atoms with Gasteiger partial charge in [-0.05, 0) is 19.1 Å². The van der Waals surface area contributed by atoms with Crippen molar-refractivity contribution in [2.24, 2.45) is 5.41 Å². The van der Waals surface area contributed by atoms with E-state index in [-0.39, 0.29) is 5.97 Å². The first-order chi connectivity index (χ1) is 8.96. The molecule has 1 aliphatic carbocycles. The summed E-state index contributed by atoms with van der Waals surface area (Å²) < 4.78 is 9.67. The molecule has 0 heterocycles. The third kappa shape index (κ3) is 3.34. The van der Waals surface area contributed by atoms with E-state index >= 15 is 0 Å². The molecule has 0 aromatic heterocycles. The van der Waals surface area contributed by atoms with Gasteiger partial charge in [-0.25, -0.2) is 0 Å². The summed E-state index contributed by atoms with van der Waals surface area (Å²) in [6.45, 7) is 2.53. The Hall–Kier alpha value is -0.930. The summed E-state index contributed by atoms with van der Waals surface area (Å²) in [6, 6.07) is 9.50. The molecule has 5 heteroatoms. The van der Waals surface area contributed by atoms with Crippen LogP contribution in [0.5, 0.6) is 5.75 Å². The van der Waals surface area contributed by atoms with Gasteiger partial charge in [0.15, 0.2) is 0 Å². The summed E-state index contributed by atoms with van der Waals surface area (Å²) in [5, 5.41) is 0. The second-order valence-corrected chi connectivity index (χ2v) is 6.35. The molecule has 104 valence electrons. The molecule has 2 rings (SSSR count). The average Bonchev–Trinajstić information content (AvgIpc) is 2.90. The minimum absolute atomic E-state index is 0.311. The second-order valence-electron chi connectivity index (χ2n) is 4.86. The van der Waals surface area contributed by atoms with Crippen LogP contribution < -0.4 is 4.74 Å². The fourth-order valence-electron chi connectivity index (χ4n) is 1.71. The van der Waals surface area contributed by atoms with Gasteiger partial charge in [-0.1, -0.05) is 18.2 Å². The fourth-order valence-corrected chi connectivity index (χ4v) is 2.40. The van der Waals surface area contributed by atoms with Gasteiger partial charge in [0.25, 0.3) is 0 Å². The molecule has 1 fully saturated rings. The van der Waals surface area contributed by atoms with Crippen molar-refractivity contribution in [1.29, 1.82) is 0 Å². The molecule has 1 aromatic carbocycles. The Balaban J connectivity index is 1.62. The maximum atomic E-state index is 11.7. The van der Waals surface area contributed by atoms with Gasteiger partial charge in [0, 0.05) is 12.8 Å². The number of hydrogen-bond donors (Lipinski definition) is 0. The molecule has 3 nitrogen and oxygen atoms in total. The van der Waals surface area contributed by atoms with Crippen molar-refractivity contribution >= 4 is 29.2 Å². The lowest BCUT2D eigenvalue weighted by atomic mass is 10.1. The Morgan fingerprint density at radius 3 is 2.47 bits per heavy atom. The maximum absolute atomic E-state index is 11.7. The van der Waals surface area contributed by atoms with Crippen LogP contribution in [0.4, 0.5) is 0 Å². The molecule has 0 aliphatic heterocycles. The third-order valence-corrected chi connectivity index (χ3v) is 4.34. The number of carbonyl (C=O) groups is 1. The predicted octanol–water partition coefficient (Wildman–Crippen LogP) is 3.58. The van der Waals surface area contributed by atoms with Crippen LogP contribution >= 0.6 is 23.2 Å². The quantitative estimate of drug-likeness (QED) is 0.458. The molecular formula is C14H16Cl2O3. The van der Waals surface area contributed by atoms with Gasteiger partial charge < -0.3 is 9.47 Å². The van der Waals surface area contributed by atoms with Gasteiger partial charge in [0.2, 0.25) is 0 Å². The SMILES string of the molecule is CC1(C(=O)OCCCOc2ccccc2)CC1(Cl)Cl. The van der Waals surface area contributed by atoms with Crippen LogP contribution in [0.2, 0.25) is 0 Å². The summed E-state index contributed by atoms with van der Waals surface area (Å²) >= 11 is 11.8. The summed E-state index contributed by atoms with van der Waals surface area (Å²) in [5.74, 6) is 0.473. The number of carbonyl (C=O) groups excluding carboxylic acids is 1. The lowest BCUT2D eigenvalue weighted by Crippen LogP contribution is -2.22. The average molecular weight is 303 g/mol. The van der Waals surface area contributed by atoms with Crippen molar-refractivity contribution < 1.29 is 14.3 Å². The van der Waals surface area contributed by atoms with Crippen molar-refractivity contribution in [3.05, 3.63) is 30.3 Å². The van der Waals surface area contributed by atoms with Gasteiger partial charge in [-0.15, -0.1) is 23.2 Å². The van der Waals surface area contributed by atoms with Crippen LogP contribution in [0.25, 0.3) is 0 Å². The molecule has 0 amide bonds. The minimum atomic E-state index is -0.968. The molecule has 0 bridgehead atoms. The molecule has 1 unspecified atom stereocenters. The molecule has 19 heavy (non-hydrogen) atoms. The molecular weight excluding hydrogens is 287 g/mol. The molecule has 1 aliphatic rings. The Morgan fingerprint density at radius 2 is 1.89 bits per heavy atom. The Morgan fingerprint density at radius 1 is 1.26 bits per heavy atom. The van der Waals surface area contributed by atoms with Crippen LogP contribution in [0.3, 0.4) is 0 Å². The zero-order valence-electron chi connectivity index (χ0n) is 10.7. The summed E-state index contributed by atoms with van der Waals surface area (Å²) in [4.78, 5) is 11.7. The molecule has 0 spiro atoms. The Kier molecular flexibility index (Phi) is 4.26.